The third kappa shape index (κ3) is 4.04. The molecule has 0 amide bonds. The van der Waals surface area contributed by atoms with E-state index in [1.165, 1.54) is 11.3 Å². The lowest BCUT2D eigenvalue weighted by molar-refractivity contribution is 0.556. The van der Waals surface area contributed by atoms with Crippen molar-refractivity contribution in [1.29, 1.82) is 0 Å². The van der Waals surface area contributed by atoms with Crippen molar-refractivity contribution in [2.75, 3.05) is 13.1 Å². The Morgan fingerprint density at radius 3 is 2.65 bits per heavy atom. The number of sulfonamides is 1. The lowest BCUT2D eigenvalue weighted by atomic mass is 10.2. The van der Waals surface area contributed by atoms with E-state index in [-0.39, 0.29) is 11.5 Å². The summed E-state index contributed by atoms with van der Waals surface area (Å²) in [5.41, 5.74) is 0.108. The normalized spacial score (nSPS) is 21.1. The fourth-order valence-corrected chi connectivity index (χ4v) is 4.84. The first-order chi connectivity index (χ1) is 9.35. The first kappa shape index (κ1) is 15.9. The number of rotatable bonds is 8. The highest BCUT2D eigenvalue weighted by Gasteiger charge is 2.48. The fraction of sp³-hybridized carbons (Fsp3) is 0.714. The molecule has 0 aromatic carbocycles. The molecule has 0 radical (unpaired) electrons. The van der Waals surface area contributed by atoms with Crippen LogP contribution in [0.5, 0.6) is 0 Å². The highest BCUT2D eigenvalue weighted by Crippen LogP contribution is 2.45. The minimum Gasteiger partial charge on any atom is -0.316 e. The Kier molecular flexibility index (Phi) is 4.89. The molecule has 1 aromatic rings. The van der Waals surface area contributed by atoms with Crippen molar-refractivity contribution in [2.24, 2.45) is 5.41 Å². The Morgan fingerprint density at radius 1 is 1.35 bits per heavy atom. The summed E-state index contributed by atoms with van der Waals surface area (Å²) in [6, 6.07) is 3.73. The lowest BCUT2D eigenvalue weighted by Crippen LogP contribution is -2.27. The van der Waals surface area contributed by atoms with Gasteiger partial charge in [-0.05, 0) is 49.9 Å². The molecule has 20 heavy (non-hydrogen) atoms. The maximum absolute atomic E-state index is 12.2. The van der Waals surface area contributed by atoms with Crippen LogP contribution in [-0.4, -0.2) is 27.5 Å². The SMILES string of the molecule is CCCNCCc1ccc(S(=O)(=O)NC2CC2(C)C)s1. The van der Waals surface area contributed by atoms with Gasteiger partial charge in [0.2, 0.25) is 10.0 Å². The number of nitrogens with one attached hydrogen (secondary N) is 2. The van der Waals surface area contributed by atoms with Gasteiger partial charge in [-0.1, -0.05) is 20.8 Å². The van der Waals surface area contributed by atoms with Crippen molar-refractivity contribution in [3.05, 3.63) is 17.0 Å². The van der Waals surface area contributed by atoms with Gasteiger partial charge in [0.25, 0.3) is 0 Å². The Labute approximate surface area is 126 Å². The van der Waals surface area contributed by atoms with Crippen LogP contribution in [0.2, 0.25) is 0 Å². The van der Waals surface area contributed by atoms with E-state index in [1.54, 1.807) is 6.07 Å². The van der Waals surface area contributed by atoms with Gasteiger partial charge in [-0.2, -0.15) is 0 Å². The first-order valence-corrected chi connectivity index (χ1v) is 9.47. The molecule has 1 atom stereocenters. The second-order valence-electron chi connectivity index (χ2n) is 6.09. The van der Waals surface area contributed by atoms with Crippen LogP contribution in [0.3, 0.4) is 0 Å². The van der Waals surface area contributed by atoms with Gasteiger partial charge in [0.15, 0.2) is 0 Å². The number of thiophene rings is 1. The van der Waals surface area contributed by atoms with E-state index in [2.05, 4.69) is 30.8 Å². The van der Waals surface area contributed by atoms with E-state index in [1.807, 2.05) is 6.07 Å². The predicted octanol–water partition coefficient (Wildman–Crippen LogP) is 2.37. The van der Waals surface area contributed by atoms with Crippen LogP contribution in [0.25, 0.3) is 0 Å². The van der Waals surface area contributed by atoms with Crippen molar-refractivity contribution in [1.82, 2.24) is 10.0 Å². The topological polar surface area (TPSA) is 58.2 Å². The lowest BCUT2D eigenvalue weighted by Gasteiger charge is -2.06. The maximum atomic E-state index is 12.2. The standard InChI is InChI=1S/C14H24N2O2S2/c1-4-8-15-9-7-11-5-6-13(19-11)20(17,18)16-12-10-14(12,2)3/h5-6,12,15-16H,4,7-10H2,1-3H3. The molecule has 0 bridgehead atoms. The Bertz CT molecular complexity index is 549. The number of hydrogen-bond donors (Lipinski definition) is 2. The molecule has 6 heteroatoms. The highest BCUT2D eigenvalue weighted by molar-refractivity contribution is 7.91. The van der Waals surface area contributed by atoms with E-state index >= 15 is 0 Å². The number of hydrogen-bond acceptors (Lipinski definition) is 4. The van der Waals surface area contributed by atoms with Crippen LogP contribution in [0, 0.1) is 5.41 Å². The molecule has 1 saturated carbocycles. The van der Waals surface area contributed by atoms with Crippen molar-refractivity contribution in [3.63, 3.8) is 0 Å². The Hall–Kier alpha value is -0.430. The summed E-state index contributed by atoms with van der Waals surface area (Å²) in [6.45, 7) is 8.21. The van der Waals surface area contributed by atoms with Crippen molar-refractivity contribution >= 4 is 21.4 Å². The summed E-state index contributed by atoms with van der Waals surface area (Å²) in [6.07, 6.45) is 2.92. The van der Waals surface area contributed by atoms with Gasteiger partial charge in [0.1, 0.15) is 4.21 Å². The summed E-state index contributed by atoms with van der Waals surface area (Å²) >= 11 is 1.38. The van der Waals surface area contributed by atoms with Crippen LogP contribution >= 0.6 is 11.3 Å². The summed E-state index contributed by atoms with van der Waals surface area (Å²) in [5, 5.41) is 3.33. The van der Waals surface area contributed by atoms with Crippen molar-refractivity contribution in [3.8, 4) is 0 Å². The van der Waals surface area contributed by atoms with Crippen molar-refractivity contribution in [2.45, 2.75) is 50.3 Å². The molecule has 1 unspecified atom stereocenters. The zero-order valence-electron chi connectivity index (χ0n) is 12.4. The quantitative estimate of drug-likeness (QED) is 0.724. The monoisotopic (exact) mass is 316 g/mol. The molecule has 0 saturated heterocycles. The van der Waals surface area contributed by atoms with Crippen LogP contribution in [-0.2, 0) is 16.4 Å². The molecule has 1 aliphatic carbocycles. The fourth-order valence-electron chi connectivity index (χ4n) is 2.06. The summed E-state index contributed by atoms with van der Waals surface area (Å²) in [7, 11) is -3.33. The van der Waals surface area contributed by atoms with Crippen LogP contribution < -0.4 is 10.0 Å². The molecule has 2 rings (SSSR count). The van der Waals surface area contributed by atoms with E-state index < -0.39 is 10.0 Å². The molecule has 0 spiro atoms. The molecule has 1 heterocycles. The van der Waals surface area contributed by atoms with E-state index in [4.69, 9.17) is 0 Å². The predicted molar refractivity (Wildman–Crippen MR) is 83.7 cm³/mol. The largest absolute Gasteiger partial charge is 0.316 e. The maximum Gasteiger partial charge on any atom is 0.250 e. The summed E-state index contributed by atoms with van der Waals surface area (Å²) in [4.78, 5) is 1.11. The van der Waals surface area contributed by atoms with Crippen LogP contribution in [0.1, 0.15) is 38.5 Å². The van der Waals surface area contributed by atoms with Crippen LogP contribution in [0.4, 0.5) is 0 Å². The molecular weight excluding hydrogens is 292 g/mol. The van der Waals surface area contributed by atoms with Crippen LogP contribution in [0.15, 0.2) is 16.3 Å². The molecule has 1 aliphatic rings. The van der Waals surface area contributed by atoms with Gasteiger partial charge in [-0.15, -0.1) is 11.3 Å². The average Bonchev–Trinajstić information content (AvgIpc) is 2.80. The second-order valence-corrected chi connectivity index (χ2v) is 9.20. The molecule has 1 fully saturated rings. The van der Waals surface area contributed by atoms with E-state index in [9.17, 15) is 8.42 Å². The van der Waals surface area contributed by atoms with Gasteiger partial charge in [0.05, 0.1) is 0 Å². The Morgan fingerprint density at radius 2 is 2.05 bits per heavy atom. The van der Waals surface area contributed by atoms with Gasteiger partial charge >= 0.3 is 0 Å². The molecular formula is C14H24N2O2S2. The summed E-state index contributed by atoms with van der Waals surface area (Å²) in [5.74, 6) is 0. The third-order valence-corrected chi connectivity index (χ3v) is 6.80. The van der Waals surface area contributed by atoms with Gasteiger partial charge in [-0.25, -0.2) is 13.1 Å². The second kappa shape index (κ2) is 6.13. The van der Waals surface area contributed by atoms with Gasteiger partial charge < -0.3 is 5.32 Å². The molecule has 1 aromatic heterocycles. The minimum absolute atomic E-state index is 0.0873. The van der Waals surface area contributed by atoms with E-state index in [0.29, 0.717) is 4.21 Å². The van der Waals surface area contributed by atoms with Gasteiger partial charge in [0, 0.05) is 10.9 Å². The third-order valence-electron chi connectivity index (χ3n) is 3.69. The molecule has 114 valence electrons. The smallest absolute Gasteiger partial charge is 0.250 e. The van der Waals surface area contributed by atoms with Gasteiger partial charge in [-0.3, -0.25) is 0 Å². The van der Waals surface area contributed by atoms with E-state index in [0.717, 1.165) is 37.2 Å². The zero-order chi connectivity index (χ0) is 14.8. The Balaban J connectivity index is 1.90. The first-order valence-electron chi connectivity index (χ1n) is 7.17. The summed E-state index contributed by atoms with van der Waals surface area (Å²) < 4.78 is 27.7. The minimum atomic E-state index is -3.33. The average molecular weight is 316 g/mol. The highest BCUT2D eigenvalue weighted by atomic mass is 32.2. The zero-order valence-corrected chi connectivity index (χ0v) is 14.0. The van der Waals surface area contributed by atoms with Crippen molar-refractivity contribution < 1.29 is 8.42 Å². The molecule has 0 aliphatic heterocycles. The molecule has 2 N–H and O–H groups in total. The molecule has 4 nitrogen and oxygen atoms in total.